The van der Waals surface area contributed by atoms with Gasteiger partial charge in [0, 0.05) is 21.6 Å². The molecule has 2 heterocycles. The molecule has 4 N–H and O–H groups in total. The summed E-state index contributed by atoms with van der Waals surface area (Å²) >= 11 is 1.64. The molecule has 0 aliphatic carbocycles. The van der Waals surface area contributed by atoms with Crippen LogP contribution in [0.3, 0.4) is 0 Å². The highest BCUT2D eigenvalue weighted by Crippen LogP contribution is 2.30. The number of nitrogens with zero attached hydrogens (tertiary/aromatic N) is 2. The number of aromatic amines is 1. The van der Waals surface area contributed by atoms with Gasteiger partial charge in [0.1, 0.15) is 11.6 Å². The maximum absolute atomic E-state index is 5.88. The molecule has 1 aromatic carbocycles. The summed E-state index contributed by atoms with van der Waals surface area (Å²) in [6.45, 7) is 1.95. The molecule has 5 nitrogen and oxygen atoms in total. The summed E-state index contributed by atoms with van der Waals surface area (Å²) in [5, 5.41) is 10.2. The zero-order valence-electron chi connectivity index (χ0n) is 11.5. The number of H-pyrrole nitrogens is 1. The fourth-order valence-electron chi connectivity index (χ4n) is 1.89. The fourth-order valence-corrected chi connectivity index (χ4v) is 2.80. The van der Waals surface area contributed by atoms with E-state index in [1.807, 2.05) is 43.3 Å². The molecule has 0 unspecified atom stereocenters. The van der Waals surface area contributed by atoms with Gasteiger partial charge in [-0.25, -0.2) is 4.98 Å². The van der Waals surface area contributed by atoms with E-state index in [1.54, 1.807) is 11.8 Å². The molecule has 2 aromatic heterocycles. The second-order valence-electron chi connectivity index (χ2n) is 4.59. The van der Waals surface area contributed by atoms with E-state index >= 15 is 0 Å². The summed E-state index contributed by atoms with van der Waals surface area (Å²) in [5.74, 6) is 1.88. The van der Waals surface area contributed by atoms with Crippen molar-refractivity contribution in [3.63, 3.8) is 0 Å². The van der Waals surface area contributed by atoms with Gasteiger partial charge in [-0.3, -0.25) is 5.10 Å². The minimum Gasteiger partial charge on any atom is -0.384 e. The maximum Gasteiger partial charge on any atom is 0.153 e. The fraction of sp³-hybridized carbons (Fsp3) is 0.0667. The van der Waals surface area contributed by atoms with E-state index in [0.29, 0.717) is 11.6 Å². The maximum atomic E-state index is 5.88. The van der Waals surface area contributed by atoms with Crippen LogP contribution in [0.25, 0.3) is 0 Å². The largest absolute Gasteiger partial charge is 0.384 e. The number of hydrogen-bond donors (Lipinski definition) is 3. The molecule has 3 aromatic rings. The average Bonchev–Trinajstić information content (AvgIpc) is 2.84. The minimum absolute atomic E-state index is 0.477. The lowest BCUT2D eigenvalue weighted by Gasteiger charge is -2.07. The van der Waals surface area contributed by atoms with Crippen molar-refractivity contribution in [3.8, 4) is 0 Å². The quantitative estimate of drug-likeness (QED) is 0.686. The Morgan fingerprint density at radius 2 is 1.86 bits per heavy atom. The Morgan fingerprint density at radius 1 is 1.05 bits per heavy atom. The Balaban J connectivity index is 1.82. The number of aromatic nitrogens is 3. The summed E-state index contributed by atoms with van der Waals surface area (Å²) in [5.41, 5.74) is 6.87. The van der Waals surface area contributed by atoms with Crippen LogP contribution in [0.4, 0.5) is 17.5 Å². The number of nitrogens with two attached hydrogens (primary N) is 1. The van der Waals surface area contributed by atoms with Gasteiger partial charge in [0.15, 0.2) is 5.82 Å². The highest BCUT2D eigenvalue weighted by Gasteiger charge is 2.05. The summed E-state index contributed by atoms with van der Waals surface area (Å²) in [4.78, 5) is 6.47. The van der Waals surface area contributed by atoms with Crippen LogP contribution in [0, 0.1) is 6.92 Å². The van der Waals surface area contributed by atoms with Gasteiger partial charge in [-0.1, -0.05) is 30.0 Å². The molecule has 6 heteroatoms. The number of hydrogen-bond acceptors (Lipinski definition) is 5. The summed E-state index contributed by atoms with van der Waals surface area (Å²) in [6.07, 6.45) is 0. The van der Waals surface area contributed by atoms with Gasteiger partial charge in [0.2, 0.25) is 0 Å². The van der Waals surface area contributed by atoms with Gasteiger partial charge in [-0.05, 0) is 31.2 Å². The Bertz CT molecular complexity index is 739. The van der Waals surface area contributed by atoms with Crippen LogP contribution in [0.2, 0.25) is 0 Å². The lowest BCUT2D eigenvalue weighted by molar-refractivity contribution is 1.05. The standard InChI is InChI=1S/C15H15N5S/c1-10-7-15(20-19-10)18-14-9-12(8-13(16)17-14)21-11-5-3-2-4-6-11/h2-9H,1H3,(H4,16,17,18,19,20). The lowest BCUT2D eigenvalue weighted by Crippen LogP contribution is -1.98. The third kappa shape index (κ3) is 3.55. The van der Waals surface area contributed by atoms with Gasteiger partial charge < -0.3 is 11.1 Å². The Hall–Kier alpha value is -2.47. The van der Waals surface area contributed by atoms with Crippen LogP contribution in [-0.4, -0.2) is 15.2 Å². The van der Waals surface area contributed by atoms with E-state index in [-0.39, 0.29) is 0 Å². The van der Waals surface area contributed by atoms with Gasteiger partial charge in [-0.15, -0.1) is 0 Å². The molecule has 0 amide bonds. The predicted octanol–water partition coefficient (Wildman–Crippen LogP) is 3.59. The van der Waals surface area contributed by atoms with E-state index in [4.69, 9.17) is 5.73 Å². The summed E-state index contributed by atoms with van der Waals surface area (Å²) in [7, 11) is 0. The molecule has 3 rings (SSSR count). The molecule has 0 aliphatic heterocycles. The number of anilines is 3. The minimum atomic E-state index is 0.477. The molecule has 106 valence electrons. The molecule has 0 radical (unpaired) electrons. The van der Waals surface area contributed by atoms with Crippen molar-refractivity contribution in [3.05, 3.63) is 54.2 Å². The molecular weight excluding hydrogens is 282 g/mol. The first-order valence-electron chi connectivity index (χ1n) is 6.48. The van der Waals surface area contributed by atoms with Crippen molar-refractivity contribution in [2.75, 3.05) is 11.1 Å². The zero-order valence-corrected chi connectivity index (χ0v) is 12.3. The van der Waals surface area contributed by atoms with E-state index in [9.17, 15) is 0 Å². The van der Waals surface area contributed by atoms with Crippen molar-refractivity contribution >= 4 is 29.2 Å². The van der Waals surface area contributed by atoms with Crippen LogP contribution >= 0.6 is 11.8 Å². The number of aryl methyl sites for hydroxylation is 1. The molecule has 0 fully saturated rings. The second-order valence-corrected chi connectivity index (χ2v) is 5.74. The summed E-state index contributed by atoms with van der Waals surface area (Å²) in [6, 6.07) is 15.9. The van der Waals surface area contributed by atoms with Crippen molar-refractivity contribution in [2.24, 2.45) is 0 Å². The first-order chi connectivity index (χ1) is 10.2. The average molecular weight is 297 g/mol. The van der Waals surface area contributed by atoms with E-state index in [1.165, 1.54) is 0 Å². The molecule has 0 spiro atoms. The van der Waals surface area contributed by atoms with Gasteiger partial charge >= 0.3 is 0 Å². The zero-order chi connectivity index (χ0) is 14.7. The van der Waals surface area contributed by atoms with E-state index < -0.39 is 0 Å². The molecule has 0 atom stereocenters. The smallest absolute Gasteiger partial charge is 0.153 e. The molecule has 21 heavy (non-hydrogen) atoms. The lowest BCUT2D eigenvalue weighted by atomic mass is 10.4. The number of nitrogen functional groups attached to an aromatic ring is 1. The predicted molar refractivity (Wildman–Crippen MR) is 85.8 cm³/mol. The summed E-state index contributed by atoms with van der Waals surface area (Å²) < 4.78 is 0. The number of nitrogens with one attached hydrogen (secondary N) is 2. The molecular formula is C15H15N5S. The first kappa shape index (κ1) is 13.5. The van der Waals surface area contributed by atoms with Crippen LogP contribution in [0.1, 0.15) is 5.69 Å². The monoisotopic (exact) mass is 297 g/mol. The van der Waals surface area contributed by atoms with Gasteiger partial charge in [0.25, 0.3) is 0 Å². The van der Waals surface area contributed by atoms with Crippen LogP contribution in [-0.2, 0) is 0 Å². The van der Waals surface area contributed by atoms with Crippen LogP contribution in [0.15, 0.2) is 58.3 Å². The topological polar surface area (TPSA) is 79.6 Å². The SMILES string of the molecule is Cc1cc(Nc2cc(Sc3ccccc3)cc(N)n2)n[nH]1. The Labute approximate surface area is 127 Å². The van der Waals surface area contributed by atoms with Gasteiger partial charge in [0.05, 0.1) is 0 Å². The van der Waals surface area contributed by atoms with Crippen molar-refractivity contribution in [1.82, 2.24) is 15.2 Å². The number of benzene rings is 1. The highest BCUT2D eigenvalue weighted by molar-refractivity contribution is 7.99. The molecule has 0 saturated heterocycles. The molecule has 0 aliphatic rings. The Kier molecular flexibility index (Phi) is 3.79. The third-order valence-corrected chi connectivity index (χ3v) is 3.74. The second kappa shape index (κ2) is 5.88. The highest BCUT2D eigenvalue weighted by atomic mass is 32.2. The number of pyridine rings is 1. The normalized spacial score (nSPS) is 10.5. The van der Waals surface area contributed by atoms with Crippen LogP contribution in [0.5, 0.6) is 0 Å². The van der Waals surface area contributed by atoms with Crippen molar-refractivity contribution in [2.45, 2.75) is 16.7 Å². The third-order valence-electron chi connectivity index (χ3n) is 2.76. The van der Waals surface area contributed by atoms with Crippen LogP contribution < -0.4 is 11.1 Å². The van der Waals surface area contributed by atoms with Crippen molar-refractivity contribution in [1.29, 1.82) is 0 Å². The van der Waals surface area contributed by atoms with Crippen molar-refractivity contribution < 1.29 is 0 Å². The first-order valence-corrected chi connectivity index (χ1v) is 7.30. The van der Waals surface area contributed by atoms with E-state index in [0.717, 1.165) is 21.3 Å². The molecule has 0 bridgehead atoms. The number of rotatable bonds is 4. The molecule has 0 saturated carbocycles. The Morgan fingerprint density at radius 3 is 2.57 bits per heavy atom. The van der Waals surface area contributed by atoms with Gasteiger partial charge in [-0.2, -0.15) is 5.10 Å². The van der Waals surface area contributed by atoms with E-state index in [2.05, 4.69) is 32.6 Å².